The summed E-state index contributed by atoms with van der Waals surface area (Å²) in [5.74, 6) is 1.13. The van der Waals surface area contributed by atoms with Gasteiger partial charge in [-0.05, 0) is 36.1 Å². The first-order chi connectivity index (χ1) is 9.24. The molecule has 1 aliphatic carbocycles. The largest absolute Gasteiger partial charge is 0.497 e. The molecular weight excluding hydrogens is 242 g/mol. The van der Waals surface area contributed by atoms with Crippen LogP contribution in [-0.4, -0.2) is 26.2 Å². The maximum absolute atomic E-state index is 11.9. The Bertz CT molecular complexity index is 538. The minimum atomic E-state index is -0.297. The van der Waals surface area contributed by atoms with Gasteiger partial charge >= 0.3 is 5.97 Å². The van der Waals surface area contributed by atoms with Gasteiger partial charge in [-0.2, -0.15) is 0 Å². The minimum absolute atomic E-state index is 0.159. The molecule has 2 aliphatic rings. The number of methoxy groups -OCH3 is 2. The van der Waals surface area contributed by atoms with Crippen LogP contribution in [0, 0.1) is 5.92 Å². The van der Waals surface area contributed by atoms with Crippen molar-refractivity contribution in [3.63, 3.8) is 0 Å². The number of fused-ring (bicyclic) bond motifs is 3. The molecule has 0 unspecified atom stereocenters. The van der Waals surface area contributed by atoms with Crippen molar-refractivity contribution in [3.8, 4) is 5.75 Å². The van der Waals surface area contributed by atoms with E-state index in [1.54, 1.807) is 7.11 Å². The lowest BCUT2D eigenvalue weighted by molar-refractivity contribution is -0.142. The van der Waals surface area contributed by atoms with E-state index in [2.05, 4.69) is 23.5 Å². The Morgan fingerprint density at radius 2 is 2.21 bits per heavy atom. The predicted molar refractivity (Wildman–Crippen MR) is 72.4 cm³/mol. The number of hydrogen-bond donors (Lipinski definition) is 1. The van der Waals surface area contributed by atoms with E-state index in [9.17, 15) is 4.79 Å². The number of anilines is 1. The van der Waals surface area contributed by atoms with Gasteiger partial charge in [0.05, 0.1) is 14.2 Å². The second-order valence-corrected chi connectivity index (χ2v) is 4.95. The van der Waals surface area contributed by atoms with Crippen molar-refractivity contribution < 1.29 is 14.3 Å². The first-order valence-corrected chi connectivity index (χ1v) is 6.43. The van der Waals surface area contributed by atoms with Crippen LogP contribution in [0.15, 0.2) is 30.4 Å². The smallest absolute Gasteiger partial charge is 0.328 e. The zero-order valence-corrected chi connectivity index (χ0v) is 11.1. The molecule has 19 heavy (non-hydrogen) atoms. The van der Waals surface area contributed by atoms with E-state index >= 15 is 0 Å². The topological polar surface area (TPSA) is 47.6 Å². The predicted octanol–water partition coefficient (Wildman–Crippen LogP) is 2.32. The Morgan fingerprint density at radius 1 is 1.37 bits per heavy atom. The zero-order chi connectivity index (χ0) is 13.4. The van der Waals surface area contributed by atoms with E-state index in [-0.39, 0.29) is 17.9 Å². The molecule has 0 radical (unpaired) electrons. The summed E-state index contributed by atoms with van der Waals surface area (Å²) in [6.45, 7) is 0. The van der Waals surface area contributed by atoms with Crippen LogP contribution in [0.5, 0.6) is 5.75 Å². The van der Waals surface area contributed by atoms with Gasteiger partial charge in [-0.1, -0.05) is 12.2 Å². The fourth-order valence-corrected chi connectivity index (χ4v) is 3.06. The average Bonchev–Trinajstić information content (AvgIpc) is 2.94. The van der Waals surface area contributed by atoms with Crippen LogP contribution in [0.25, 0.3) is 0 Å². The number of nitrogens with one attached hydrogen (secondary N) is 1. The van der Waals surface area contributed by atoms with Gasteiger partial charge in [0.25, 0.3) is 0 Å². The van der Waals surface area contributed by atoms with Crippen molar-refractivity contribution in [2.45, 2.75) is 18.4 Å². The molecule has 0 spiro atoms. The number of esters is 1. The summed E-state index contributed by atoms with van der Waals surface area (Å²) in [5, 5.41) is 3.29. The molecule has 0 bridgehead atoms. The summed E-state index contributed by atoms with van der Waals surface area (Å²) < 4.78 is 10.2. The summed E-state index contributed by atoms with van der Waals surface area (Å²) >= 11 is 0. The van der Waals surface area contributed by atoms with Gasteiger partial charge in [0, 0.05) is 11.6 Å². The van der Waals surface area contributed by atoms with Crippen LogP contribution in [0.4, 0.5) is 5.69 Å². The van der Waals surface area contributed by atoms with E-state index in [0.29, 0.717) is 5.92 Å². The van der Waals surface area contributed by atoms with E-state index in [1.807, 2.05) is 12.1 Å². The van der Waals surface area contributed by atoms with Crippen LogP contribution in [0.1, 0.15) is 17.9 Å². The minimum Gasteiger partial charge on any atom is -0.497 e. The quantitative estimate of drug-likeness (QED) is 0.654. The molecule has 100 valence electrons. The summed E-state index contributed by atoms with van der Waals surface area (Å²) in [4.78, 5) is 11.9. The molecule has 3 rings (SSSR count). The highest BCUT2D eigenvalue weighted by molar-refractivity contribution is 5.82. The van der Waals surface area contributed by atoms with Crippen LogP contribution in [0.3, 0.4) is 0 Å². The van der Waals surface area contributed by atoms with Gasteiger partial charge in [-0.3, -0.25) is 0 Å². The zero-order valence-electron chi connectivity index (χ0n) is 11.1. The van der Waals surface area contributed by atoms with Gasteiger partial charge in [-0.25, -0.2) is 4.79 Å². The molecule has 0 fully saturated rings. The molecule has 3 atom stereocenters. The second kappa shape index (κ2) is 4.61. The van der Waals surface area contributed by atoms with Gasteiger partial charge in [0.2, 0.25) is 0 Å². The molecular formula is C15H17NO3. The number of benzene rings is 1. The number of rotatable bonds is 2. The molecule has 0 amide bonds. The normalized spacial score (nSPS) is 27.2. The monoisotopic (exact) mass is 259 g/mol. The number of carbonyl (C=O) groups excluding carboxylic acids is 1. The Balaban J connectivity index is 2.01. The molecule has 1 aromatic carbocycles. The Morgan fingerprint density at radius 3 is 2.95 bits per heavy atom. The van der Waals surface area contributed by atoms with Gasteiger partial charge in [-0.15, -0.1) is 0 Å². The van der Waals surface area contributed by atoms with Crippen molar-refractivity contribution in [2.24, 2.45) is 5.92 Å². The summed E-state index contributed by atoms with van der Waals surface area (Å²) in [7, 11) is 3.10. The summed E-state index contributed by atoms with van der Waals surface area (Å²) in [6, 6.07) is 5.64. The summed E-state index contributed by atoms with van der Waals surface area (Å²) in [5.41, 5.74) is 2.22. The van der Waals surface area contributed by atoms with Crippen LogP contribution in [-0.2, 0) is 9.53 Å². The van der Waals surface area contributed by atoms with E-state index in [4.69, 9.17) is 9.47 Å². The van der Waals surface area contributed by atoms with Crippen LogP contribution >= 0.6 is 0 Å². The fraction of sp³-hybridized carbons (Fsp3) is 0.400. The van der Waals surface area contributed by atoms with Gasteiger partial charge in [0.1, 0.15) is 11.8 Å². The lowest BCUT2D eigenvalue weighted by Gasteiger charge is -2.35. The number of hydrogen-bond acceptors (Lipinski definition) is 4. The number of carbonyl (C=O) groups is 1. The Labute approximate surface area is 112 Å². The van der Waals surface area contributed by atoms with Crippen LogP contribution < -0.4 is 10.1 Å². The van der Waals surface area contributed by atoms with Crippen molar-refractivity contribution >= 4 is 11.7 Å². The second-order valence-electron chi connectivity index (χ2n) is 4.95. The molecule has 0 aromatic heterocycles. The highest BCUT2D eigenvalue weighted by Gasteiger charge is 2.41. The van der Waals surface area contributed by atoms with Gasteiger partial charge in [0.15, 0.2) is 0 Å². The highest BCUT2D eigenvalue weighted by Crippen LogP contribution is 2.45. The molecule has 0 saturated carbocycles. The Hall–Kier alpha value is -1.97. The third-order valence-corrected chi connectivity index (χ3v) is 4.02. The van der Waals surface area contributed by atoms with Crippen LogP contribution in [0.2, 0.25) is 0 Å². The van der Waals surface area contributed by atoms with E-state index in [0.717, 1.165) is 17.9 Å². The maximum Gasteiger partial charge on any atom is 0.328 e. The molecule has 1 aromatic rings. The number of ether oxygens (including phenoxy) is 2. The van der Waals surface area contributed by atoms with E-state index < -0.39 is 0 Å². The number of allylic oxidation sites excluding steroid dienone is 1. The molecule has 1 N–H and O–H groups in total. The maximum atomic E-state index is 11.9. The van der Waals surface area contributed by atoms with E-state index in [1.165, 1.54) is 12.7 Å². The first kappa shape index (κ1) is 12.1. The lowest BCUT2D eigenvalue weighted by atomic mass is 9.79. The van der Waals surface area contributed by atoms with Crippen molar-refractivity contribution in [3.05, 3.63) is 35.9 Å². The lowest BCUT2D eigenvalue weighted by Crippen LogP contribution is -2.42. The van der Waals surface area contributed by atoms with Crippen molar-refractivity contribution in [1.82, 2.24) is 0 Å². The average molecular weight is 259 g/mol. The molecule has 0 saturated heterocycles. The third kappa shape index (κ3) is 1.87. The summed E-state index contributed by atoms with van der Waals surface area (Å²) in [6.07, 6.45) is 5.21. The molecule has 4 heteroatoms. The standard InChI is InChI=1S/C15H17NO3/c1-18-9-6-7-13-12(8-9)10-4-3-5-11(10)14(16-13)15(17)19-2/h3,5-8,10-11,14,16H,4H2,1-2H3/t10-,11+,14-/m1/s1. The molecule has 4 nitrogen and oxygen atoms in total. The van der Waals surface area contributed by atoms with Crippen molar-refractivity contribution in [2.75, 3.05) is 19.5 Å². The molecule has 1 aliphatic heterocycles. The molecule has 1 heterocycles. The fourth-order valence-electron chi connectivity index (χ4n) is 3.06. The SMILES string of the molecule is COC(=O)[C@@H]1Nc2ccc(OC)cc2[C@@H]2CC=C[C@H]12. The third-order valence-electron chi connectivity index (χ3n) is 4.02. The Kier molecular flexibility index (Phi) is 2.93. The first-order valence-electron chi connectivity index (χ1n) is 6.43. The highest BCUT2D eigenvalue weighted by atomic mass is 16.5. The van der Waals surface area contributed by atoms with Gasteiger partial charge < -0.3 is 14.8 Å². The van der Waals surface area contributed by atoms with Crippen molar-refractivity contribution in [1.29, 1.82) is 0 Å².